The molecule has 0 unspecified atom stereocenters. The molecular weight excluding hydrogens is 304 g/mol. The van der Waals surface area contributed by atoms with Crippen LogP contribution < -0.4 is 0 Å². The van der Waals surface area contributed by atoms with Gasteiger partial charge in [-0.15, -0.1) is 0 Å². The van der Waals surface area contributed by atoms with Crippen molar-refractivity contribution >= 4 is 5.91 Å². The SMILES string of the molecule is C[C@@H]1C[C@@H]1c1ccc(CN2CCC[C@H](C(=O)N3CCOCC3)C2)o1. The topological polar surface area (TPSA) is 45.9 Å². The fourth-order valence-electron chi connectivity index (χ4n) is 4.06. The fraction of sp³-hybridized carbons (Fsp3) is 0.737. The molecule has 3 fully saturated rings. The molecule has 3 heterocycles. The molecule has 132 valence electrons. The predicted molar refractivity (Wildman–Crippen MR) is 90.6 cm³/mol. The third-order valence-electron chi connectivity index (χ3n) is 5.71. The second-order valence-corrected chi connectivity index (χ2v) is 7.64. The number of nitrogens with zero attached hydrogens (tertiary/aromatic N) is 2. The van der Waals surface area contributed by atoms with Crippen molar-refractivity contribution in [1.82, 2.24) is 9.80 Å². The van der Waals surface area contributed by atoms with Crippen LogP contribution in [0.5, 0.6) is 0 Å². The second kappa shape index (κ2) is 6.89. The van der Waals surface area contributed by atoms with Crippen molar-refractivity contribution in [1.29, 1.82) is 0 Å². The standard InChI is InChI=1S/C19H28N2O3/c1-14-11-17(14)18-5-4-16(24-18)13-20-6-2-3-15(12-20)19(22)21-7-9-23-10-8-21/h4-5,14-15,17H,2-3,6-13H2,1H3/t14-,15+,17+/m1/s1. The van der Waals surface area contributed by atoms with Crippen LogP contribution in [0.3, 0.4) is 0 Å². The van der Waals surface area contributed by atoms with Crippen LogP contribution in [0.4, 0.5) is 0 Å². The summed E-state index contributed by atoms with van der Waals surface area (Å²) in [5, 5.41) is 0. The molecule has 5 heteroatoms. The van der Waals surface area contributed by atoms with Crippen LogP contribution in [0.15, 0.2) is 16.5 Å². The Morgan fingerprint density at radius 1 is 1.25 bits per heavy atom. The summed E-state index contributed by atoms with van der Waals surface area (Å²) in [6.07, 6.45) is 3.36. The molecule has 1 amide bonds. The smallest absolute Gasteiger partial charge is 0.227 e. The van der Waals surface area contributed by atoms with Gasteiger partial charge in [-0.05, 0) is 43.9 Å². The summed E-state index contributed by atoms with van der Waals surface area (Å²) in [5.41, 5.74) is 0. The summed E-state index contributed by atoms with van der Waals surface area (Å²) < 4.78 is 11.4. The van der Waals surface area contributed by atoms with Crippen LogP contribution in [0, 0.1) is 11.8 Å². The Morgan fingerprint density at radius 2 is 2.04 bits per heavy atom. The molecular formula is C19H28N2O3. The van der Waals surface area contributed by atoms with Gasteiger partial charge in [0.15, 0.2) is 0 Å². The Morgan fingerprint density at radius 3 is 2.79 bits per heavy atom. The third kappa shape index (κ3) is 3.52. The average Bonchev–Trinajstić information content (AvgIpc) is 3.17. The Labute approximate surface area is 143 Å². The minimum atomic E-state index is 0.134. The number of hydrogen-bond donors (Lipinski definition) is 0. The molecule has 2 aliphatic heterocycles. The summed E-state index contributed by atoms with van der Waals surface area (Å²) in [4.78, 5) is 17.1. The lowest BCUT2D eigenvalue weighted by Gasteiger charge is -2.35. The highest BCUT2D eigenvalue weighted by Crippen LogP contribution is 2.47. The van der Waals surface area contributed by atoms with Crippen molar-refractivity contribution in [2.24, 2.45) is 11.8 Å². The Bertz CT molecular complexity index is 579. The molecule has 3 atom stereocenters. The summed E-state index contributed by atoms with van der Waals surface area (Å²) in [6, 6.07) is 4.26. The maximum atomic E-state index is 12.7. The maximum absolute atomic E-state index is 12.7. The lowest BCUT2D eigenvalue weighted by Crippen LogP contribution is -2.48. The molecule has 3 aliphatic rings. The van der Waals surface area contributed by atoms with Crippen molar-refractivity contribution in [3.63, 3.8) is 0 Å². The van der Waals surface area contributed by atoms with Crippen LogP contribution >= 0.6 is 0 Å². The van der Waals surface area contributed by atoms with Crippen molar-refractivity contribution < 1.29 is 13.9 Å². The van der Waals surface area contributed by atoms with Crippen LogP contribution in [0.2, 0.25) is 0 Å². The zero-order valence-corrected chi connectivity index (χ0v) is 14.6. The molecule has 5 nitrogen and oxygen atoms in total. The summed E-state index contributed by atoms with van der Waals surface area (Å²) in [7, 11) is 0. The molecule has 0 N–H and O–H groups in total. The highest BCUT2D eigenvalue weighted by Gasteiger charge is 2.37. The Kier molecular flexibility index (Phi) is 4.63. The number of likely N-dealkylation sites (tertiary alicyclic amines) is 1. The molecule has 1 aromatic heterocycles. The van der Waals surface area contributed by atoms with E-state index in [0.29, 0.717) is 25.0 Å². The zero-order valence-electron chi connectivity index (χ0n) is 14.6. The van der Waals surface area contributed by atoms with Gasteiger partial charge in [-0.2, -0.15) is 0 Å². The van der Waals surface area contributed by atoms with Gasteiger partial charge in [-0.25, -0.2) is 0 Å². The quantitative estimate of drug-likeness (QED) is 0.850. The molecule has 0 aromatic carbocycles. The average molecular weight is 332 g/mol. The van der Waals surface area contributed by atoms with Gasteiger partial charge < -0.3 is 14.1 Å². The van der Waals surface area contributed by atoms with Gasteiger partial charge in [0.2, 0.25) is 5.91 Å². The molecule has 1 aliphatic carbocycles. The molecule has 0 bridgehead atoms. The fourth-order valence-corrected chi connectivity index (χ4v) is 4.06. The normalized spacial score (nSPS) is 31.2. The van der Waals surface area contributed by atoms with Crippen molar-refractivity contribution in [2.75, 3.05) is 39.4 Å². The number of furan rings is 1. The van der Waals surface area contributed by atoms with Gasteiger partial charge in [0.1, 0.15) is 11.5 Å². The maximum Gasteiger partial charge on any atom is 0.227 e. The first kappa shape index (κ1) is 16.2. The van der Waals surface area contributed by atoms with E-state index >= 15 is 0 Å². The van der Waals surface area contributed by atoms with Gasteiger partial charge in [-0.1, -0.05) is 6.92 Å². The van der Waals surface area contributed by atoms with E-state index in [-0.39, 0.29) is 5.92 Å². The van der Waals surface area contributed by atoms with Gasteiger partial charge in [0.05, 0.1) is 25.7 Å². The van der Waals surface area contributed by atoms with Gasteiger partial charge in [0, 0.05) is 25.6 Å². The lowest BCUT2D eigenvalue weighted by molar-refractivity contribution is -0.141. The van der Waals surface area contributed by atoms with E-state index in [1.165, 1.54) is 6.42 Å². The van der Waals surface area contributed by atoms with Crippen LogP contribution in [0.1, 0.15) is 43.6 Å². The minimum absolute atomic E-state index is 0.134. The van der Waals surface area contributed by atoms with Crippen LogP contribution in [0.25, 0.3) is 0 Å². The Hall–Kier alpha value is -1.33. The zero-order chi connectivity index (χ0) is 16.5. The number of carbonyl (C=O) groups is 1. The monoisotopic (exact) mass is 332 g/mol. The summed E-state index contributed by atoms with van der Waals surface area (Å²) in [6.45, 7) is 7.86. The van der Waals surface area contributed by atoms with Crippen molar-refractivity contribution in [2.45, 2.75) is 38.6 Å². The van der Waals surface area contributed by atoms with E-state index in [1.54, 1.807) is 0 Å². The molecule has 2 saturated heterocycles. The number of hydrogen-bond acceptors (Lipinski definition) is 4. The minimum Gasteiger partial charge on any atom is -0.464 e. The number of piperidine rings is 1. The number of rotatable bonds is 4. The van der Waals surface area contributed by atoms with E-state index in [4.69, 9.17) is 9.15 Å². The first-order valence-electron chi connectivity index (χ1n) is 9.38. The predicted octanol–water partition coefficient (Wildman–Crippen LogP) is 2.47. The number of ether oxygens (including phenoxy) is 1. The first-order chi connectivity index (χ1) is 11.7. The van der Waals surface area contributed by atoms with Gasteiger partial charge in [0.25, 0.3) is 0 Å². The largest absolute Gasteiger partial charge is 0.464 e. The highest BCUT2D eigenvalue weighted by atomic mass is 16.5. The molecule has 0 radical (unpaired) electrons. The second-order valence-electron chi connectivity index (χ2n) is 7.64. The van der Waals surface area contributed by atoms with E-state index in [0.717, 1.165) is 63.0 Å². The van der Waals surface area contributed by atoms with Crippen LogP contribution in [-0.2, 0) is 16.1 Å². The molecule has 4 rings (SSSR count). The summed E-state index contributed by atoms with van der Waals surface area (Å²) in [5.74, 6) is 4.05. The van der Waals surface area contributed by atoms with Crippen LogP contribution in [-0.4, -0.2) is 55.1 Å². The van der Waals surface area contributed by atoms with Gasteiger partial charge >= 0.3 is 0 Å². The highest BCUT2D eigenvalue weighted by molar-refractivity contribution is 5.79. The lowest BCUT2D eigenvalue weighted by atomic mass is 9.96. The molecule has 1 saturated carbocycles. The number of amides is 1. The third-order valence-corrected chi connectivity index (χ3v) is 5.71. The molecule has 1 aromatic rings. The number of morpholine rings is 1. The van der Waals surface area contributed by atoms with Gasteiger partial charge in [-0.3, -0.25) is 9.69 Å². The molecule has 0 spiro atoms. The molecule has 24 heavy (non-hydrogen) atoms. The van der Waals surface area contributed by atoms with E-state index in [9.17, 15) is 4.79 Å². The van der Waals surface area contributed by atoms with Crippen molar-refractivity contribution in [3.8, 4) is 0 Å². The number of carbonyl (C=O) groups excluding carboxylic acids is 1. The summed E-state index contributed by atoms with van der Waals surface area (Å²) >= 11 is 0. The van der Waals surface area contributed by atoms with Crippen molar-refractivity contribution in [3.05, 3.63) is 23.7 Å². The Balaban J connectivity index is 1.32. The van der Waals surface area contributed by atoms with E-state index in [2.05, 4.69) is 24.0 Å². The van der Waals surface area contributed by atoms with E-state index < -0.39 is 0 Å². The first-order valence-corrected chi connectivity index (χ1v) is 9.38. The van der Waals surface area contributed by atoms with E-state index in [1.807, 2.05) is 4.90 Å².